The zero-order valence-corrected chi connectivity index (χ0v) is 18.6. The first kappa shape index (κ1) is 21.3. The van der Waals surface area contributed by atoms with Gasteiger partial charge in [0.05, 0.1) is 0 Å². The average Bonchev–Trinajstić information content (AvgIpc) is 2.70. The maximum absolute atomic E-state index is 12.3. The summed E-state index contributed by atoms with van der Waals surface area (Å²) >= 11 is 0. The van der Waals surface area contributed by atoms with Crippen LogP contribution in [0.1, 0.15) is 74.2 Å². The zero-order valence-electron chi connectivity index (χ0n) is 18.6. The van der Waals surface area contributed by atoms with Crippen LogP contribution in [-0.2, 0) is 27.0 Å². The molecule has 154 valence electrons. The lowest BCUT2D eigenvalue weighted by Crippen LogP contribution is -2.46. The van der Waals surface area contributed by atoms with Crippen molar-refractivity contribution in [1.29, 1.82) is 0 Å². The molecule has 1 aliphatic carbocycles. The molecule has 2 aromatic rings. The molecule has 2 atom stereocenters. The van der Waals surface area contributed by atoms with Gasteiger partial charge < -0.3 is 4.74 Å². The van der Waals surface area contributed by atoms with Crippen molar-refractivity contribution in [2.24, 2.45) is 11.8 Å². The summed E-state index contributed by atoms with van der Waals surface area (Å²) in [6, 6.07) is 13.0. The number of hydrogen-bond acceptors (Lipinski definition) is 3. The second kappa shape index (κ2) is 7.44. The molecule has 0 heterocycles. The normalized spacial score (nSPS) is 21.9. The number of esters is 1. The topological polar surface area (TPSA) is 43.4 Å². The first-order valence-corrected chi connectivity index (χ1v) is 10.4. The zero-order chi connectivity index (χ0) is 21.6. The number of Topliss-reactive ketones (excluding diaryl/α,β-unsaturated/α-hetero) is 1. The lowest BCUT2D eigenvalue weighted by Gasteiger charge is -2.51. The number of carbonyl (C=O) groups excluding carboxylic acids is 2. The highest BCUT2D eigenvalue weighted by molar-refractivity contribution is 6.40. The SMILES string of the molecule is Cc1cc2c(cc1COC(=O)C(=O)c1ccccc1)C(C)(C)C(C)C(C)C2(C)C. The third-order valence-corrected chi connectivity index (χ3v) is 7.47. The largest absolute Gasteiger partial charge is 0.455 e. The minimum absolute atomic E-state index is 0.0244. The Labute approximate surface area is 174 Å². The minimum Gasteiger partial charge on any atom is -0.455 e. The van der Waals surface area contributed by atoms with Crippen LogP contribution in [0.5, 0.6) is 0 Å². The summed E-state index contributed by atoms with van der Waals surface area (Å²) in [7, 11) is 0. The molecule has 1 aliphatic rings. The van der Waals surface area contributed by atoms with Crippen LogP contribution in [-0.4, -0.2) is 11.8 Å². The van der Waals surface area contributed by atoms with Crippen molar-refractivity contribution in [2.75, 3.05) is 0 Å². The number of aryl methyl sites for hydroxylation is 1. The summed E-state index contributed by atoms with van der Waals surface area (Å²) < 4.78 is 5.40. The number of ketones is 1. The second-order valence-corrected chi connectivity index (χ2v) is 9.62. The third kappa shape index (κ3) is 3.63. The number of ether oxygens (including phenoxy) is 1. The van der Waals surface area contributed by atoms with E-state index in [0.717, 1.165) is 11.1 Å². The smallest absolute Gasteiger partial charge is 0.380 e. The van der Waals surface area contributed by atoms with Crippen LogP contribution in [0.15, 0.2) is 42.5 Å². The molecule has 0 spiro atoms. The van der Waals surface area contributed by atoms with Crippen LogP contribution >= 0.6 is 0 Å². The first-order chi connectivity index (χ1) is 13.5. The Morgan fingerprint density at radius 3 is 1.97 bits per heavy atom. The van der Waals surface area contributed by atoms with Gasteiger partial charge in [-0.05, 0) is 51.8 Å². The van der Waals surface area contributed by atoms with E-state index in [1.807, 2.05) is 13.0 Å². The lowest BCUT2D eigenvalue weighted by atomic mass is 9.53. The molecule has 0 N–H and O–H groups in total. The van der Waals surface area contributed by atoms with Gasteiger partial charge in [0, 0.05) is 5.56 Å². The van der Waals surface area contributed by atoms with Crippen LogP contribution < -0.4 is 0 Å². The van der Waals surface area contributed by atoms with Crippen LogP contribution in [0.25, 0.3) is 0 Å². The van der Waals surface area contributed by atoms with Gasteiger partial charge in [-0.1, -0.05) is 84.0 Å². The molecule has 0 saturated carbocycles. The monoisotopic (exact) mass is 392 g/mol. The lowest BCUT2D eigenvalue weighted by molar-refractivity contribution is -0.139. The fourth-order valence-electron chi connectivity index (χ4n) is 4.63. The minimum atomic E-state index is -0.810. The molecular weight excluding hydrogens is 360 g/mol. The molecule has 2 aromatic carbocycles. The van der Waals surface area contributed by atoms with E-state index in [-0.39, 0.29) is 17.4 Å². The van der Waals surface area contributed by atoms with E-state index in [1.54, 1.807) is 24.3 Å². The van der Waals surface area contributed by atoms with Crippen molar-refractivity contribution in [3.05, 3.63) is 70.3 Å². The quantitative estimate of drug-likeness (QED) is 0.377. The van der Waals surface area contributed by atoms with Crippen molar-refractivity contribution >= 4 is 11.8 Å². The van der Waals surface area contributed by atoms with Crippen molar-refractivity contribution in [2.45, 2.75) is 65.9 Å². The summed E-state index contributed by atoms with van der Waals surface area (Å²) in [5, 5.41) is 0. The molecular formula is C26H32O3. The van der Waals surface area contributed by atoms with Crippen molar-refractivity contribution in [3.63, 3.8) is 0 Å². The maximum atomic E-state index is 12.3. The van der Waals surface area contributed by atoms with E-state index >= 15 is 0 Å². The van der Waals surface area contributed by atoms with Crippen LogP contribution in [0.2, 0.25) is 0 Å². The molecule has 29 heavy (non-hydrogen) atoms. The Balaban J connectivity index is 1.88. The summed E-state index contributed by atoms with van der Waals surface area (Å²) in [6.07, 6.45) is 0. The maximum Gasteiger partial charge on any atom is 0.380 e. The molecule has 0 saturated heterocycles. The fourth-order valence-corrected chi connectivity index (χ4v) is 4.63. The third-order valence-electron chi connectivity index (χ3n) is 7.47. The molecule has 0 aromatic heterocycles. The molecule has 2 unspecified atom stereocenters. The fraction of sp³-hybridized carbons (Fsp3) is 0.462. The number of carbonyl (C=O) groups is 2. The van der Waals surface area contributed by atoms with Crippen LogP contribution in [0.4, 0.5) is 0 Å². The Hall–Kier alpha value is -2.42. The summed E-state index contributed by atoms with van der Waals surface area (Å²) in [5.74, 6) is -0.348. The Morgan fingerprint density at radius 2 is 1.41 bits per heavy atom. The van der Waals surface area contributed by atoms with Gasteiger partial charge in [-0.3, -0.25) is 4.79 Å². The predicted molar refractivity (Wildman–Crippen MR) is 116 cm³/mol. The number of hydrogen-bond donors (Lipinski definition) is 0. The molecule has 0 aliphatic heterocycles. The highest BCUT2D eigenvalue weighted by atomic mass is 16.5. The predicted octanol–water partition coefficient (Wildman–Crippen LogP) is 5.76. The standard InChI is InChI=1S/C26H32O3/c1-16-13-21-22(26(6,7)18(3)17(2)25(21,4)5)14-20(16)15-29-24(28)23(27)19-11-9-8-10-12-19/h8-14,17-18H,15H2,1-7H3. The van der Waals surface area contributed by atoms with Crippen LogP contribution in [0, 0.1) is 18.8 Å². The molecule has 3 rings (SSSR count). The molecule has 0 bridgehead atoms. The van der Waals surface area contributed by atoms with Gasteiger partial charge in [0.2, 0.25) is 0 Å². The first-order valence-electron chi connectivity index (χ1n) is 10.4. The van der Waals surface area contributed by atoms with E-state index in [0.29, 0.717) is 17.4 Å². The summed E-state index contributed by atoms with van der Waals surface area (Å²) in [5.41, 5.74) is 5.20. The Kier molecular flexibility index (Phi) is 5.46. The van der Waals surface area contributed by atoms with Crippen molar-refractivity contribution in [1.82, 2.24) is 0 Å². The van der Waals surface area contributed by atoms with Crippen molar-refractivity contribution < 1.29 is 14.3 Å². The van der Waals surface area contributed by atoms with E-state index in [4.69, 9.17) is 4.74 Å². The van der Waals surface area contributed by atoms with E-state index in [9.17, 15) is 9.59 Å². The highest BCUT2D eigenvalue weighted by Crippen LogP contribution is 2.52. The van der Waals surface area contributed by atoms with E-state index < -0.39 is 11.8 Å². The van der Waals surface area contributed by atoms with Crippen molar-refractivity contribution in [3.8, 4) is 0 Å². The van der Waals surface area contributed by atoms with Gasteiger partial charge in [0.25, 0.3) is 5.78 Å². The number of fused-ring (bicyclic) bond motifs is 1. The Morgan fingerprint density at radius 1 is 0.897 bits per heavy atom. The summed E-state index contributed by atoms with van der Waals surface area (Å²) in [6.45, 7) is 16.1. The molecule has 0 fully saturated rings. The van der Waals surface area contributed by atoms with E-state index in [2.05, 4.69) is 53.7 Å². The second-order valence-electron chi connectivity index (χ2n) is 9.62. The number of benzene rings is 2. The molecule has 3 heteroatoms. The summed E-state index contributed by atoms with van der Waals surface area (Å²) in [4.78, 5) is 24.5. The molecule has 0 amide bonds. The van der Waals surface area contributed by atoms with Crippen LogP contribution in [0.3, 0.4) is 0 Å². The van der Waals surface area contributed by atoms with Gasteiger partial charge in [-0.25, -0.2) is 4.79 Å². The number of rotatable bonds is 4. The van der Waals surface area contributed by atoms with Gasteiger partial charge in [0.1, 0.15) is 6.61 Å². The highest BCUT2D eigenvalue weighted by Gasteiger charge is 2.47. The van der Waals surface area contributed by atoms with Gasteiger partial charge in [0.15, 0.2) is 0 Å². The van der Waals surface area contributed by atoms with Gasteiger partial charge in [-0.2, -0.15) is 0 Å². The Bertz CT molecular complexity index is 938. The van der Waals surface area contributed by atoms with Gasteiger partial charge in [-0.15, -0.1) is 0 Å². The molecule has 3 nitrogen and oxygen atoms in total. The molecule has 0 radical (unpaired) electrons. The van der Waals surface area contributed by atoms with E-state index in [1.165, 1.54) is 11.1 Å². The average molecular weight is 393 g/mol. The van der Waals surface area contributed by atoms with Gasteiger partial charge >= 0.3 is 5.97 Å².